The average Bonchev–Trinajstić information content (AvgIpc) is 2.94. The van der Waals surface area contributed by atoms with Gasteiger partial charge in [-0.2, -0.15) is 5.10 Å². The number of nitrogens with one attached hydrogen (secondary N) is 1. The quantitative estimate of drug-likeness (QED) is 0.646. The van der Waals surface area contributed by atoms with Gasteiger partial charge in [-0.05, 0) is 42.1 Å². The number of hydrazone groups is 1. The first kappa shape index (κ1) is 13.3. The summed E-state index contributed by atoms with van der Waals surface area (Å²) in [4.78, 5) is 11.9. The number of rotatable bonds is 5. The molecule has 0 aliphatic carbocycles. The van der Waals surface area contributed by atoms with E-state index in [0.717, 1.165) is 22.7 Å². The van der Waals surface area contributed by atoms with Crippen molar-refractivity contribution >= 4 is 28.7 Å². The highest BCUT2D eigenvalue weighted by Crippen LogP contribution is 2.14. The Hall–Kier alpha value is -2.14. The maximum atomic E-state index is 10.7. The largest absolute Gasteiger partial charge is 0.478 e. The molecule has 1 aromatic carbocycles. The summed E-state index contributed by atoms with van der Waals surface area (Å²) in [6.07, 6.45) is 0.834. The summed E-state index contributed by atoms with van der Waals surface area (Å²) in [5.74, 6) is -0.928. The number of anilines is 1. The van der Waals surface area contributed by atoms with E-state index in [9.17, 15) is 4.79 Å². The van der Waals surface area contributed by atoms with Gasteiger partial charge in [0.2, 0.25) is 0 Å². The molecule has 2 N–H and O–H groups in total. The molecule has 19 heavy (non-hydrogen) atoms. The van der Waals surface area contributed by atoms with E-state index in [4.69, 9.17) is 5.11 Å². The van der Waals surface area contributed by atoms with Gasteiger partial charge in [-0.15, -0.1) is 11.3 Å². The van der Waals surface area contributed by atoms with Crippen LogP contribution in [0.25, 0.3) is 0 Å². The van der Waals surface area contributed by atoms with Crippen LogP contribution in [-0.2, 0) is 0 Å². The van der Waals surface area contributed by atoms with E-state index >= 15 is 0 Å². The van der Waals surface area contributed by atoms with Gasteiger partial charge in [-0.25, -0.2) is 4.79 Å². The second kappa shape index (κ2) is 6.15. The normalized spacial score (nSPS) is 11.3. The van der Waals surface area contributed by atoms with Crippen molar-refractivity contribution < 1.29 is 9.90 Å². The minimum absolute atomic E-state index is 0.267. The van der Waals surface area contributed by atoms with Crippen molar-refractivity contribution in [3.05, 3.63) is 52.2 Å². The molecule has 2 aromatic rings. The van der Waals surface area contributed by atoms with Crippen LogP contribution >= 0.6 is 11.3 Å². The summed E-state index contributed by atoms with van der Waals surface area (Å²) >= 11 is 1.65. The van der Waals surface area contributed by atoms with Crippen LogP contribution in [0.1, 0.15) is 28.6 Å². The molecule has 1 aromatic heterocycles. The third-order valence-electron chi connectivity index (χ3n) is 2.59. The van der Waals surface area contributed by atoms with Gasteiger partial charge in [-0.3, -0.25) is 5.43 Å². The van der Waals surface area contributed by atoms with Crippen LogP contribution in [0.5, 0.6) is 0 Å². The first-order chi connectivity index (χ1) is 9.20. The van der Waals surface area contributed by atoms with Gasteiger partial charge < -0.3 is 5.11 Å². The fourth-order valence-corrected chi connectivity index (χ4v) is 2.36. The third-order valence-corrected chi connectivity index (χ3v) is 3.51. The summed E-state index contributed by atoms with van der Waals surface area (Å²) in [6, 6.07) is 10.5. The first-order valence-electron chi connectivity index (χ1n) is 5.90. The molecule has 0 unspecified atom stereocenters. The second-order valence-electron chi connectivity index (χ2n) is 3.88. The van der Waals surface area contributed by atoms with Crippen LogP contribution in [0.15, 0.2) is 46.9 Å². The molecule has 0 atom stereocenters. The monoisotopic (exact) mass is 274 g/mol. The van der Waals surface area contributed by atoms with Crippen LogP contribution in [0.3, 0.4) is 0 Å². The number of carboxylic acids is 1. The van der Waals surface area contributed by atoms with Crippen molar-refractivity contribution in [2.45, 2.75) is 13.3 Å². The highest BCUT2D eigenvalue weighted by molar-refractivity contribution is 7.12. The van der Waals surface area contributed by atoms with Crippen LogP contribution in [-0.4, -0.2) is 16.8 Å². The van der Waals surface area contributed by atoms with E-state index < -0.39 is 5.97 Å². The standard InChI is InChI=1S/C14H14N2O2S/c1-2-12(13-4-3-9-19-13)16-15-11-7-5-10(6-8-11)14(17)18/h3-9,15H,2H2,1H3,(H,17,18)/b16-12-. The molecule has 0 bridgehead atoms. The fraction of sp³-hybridized carbons (Fsp3) is 0.143. The second-order valence-corrected chi connectivity index (χ2v) is 4.83. The highest BCUT2D eigenvalue weighted by atomic mass is 32.1. The van der Waals surface area contributed by atoms with Crippen molar-refractivity contribution in [3.63, 3.8) is 0 Å². The highest BCUT2D eigenvalue weighted by Gasteiger charge is 2.03. The molecule has 0 amide bonds. The molecular weight excluding hydrogens is 260 g/mol. The Bertz CT molecular complexity index is 574. The number of thiophene rings is 1. The van der Waals surface area contributed by atoms with Crippen LogP contribution in [0, 0.1) is 0 Å². The van der Waals surface area contributed by atoms with Crippen LogP contribution in [0.2, 0.25) is 0 Å². The van der Waals surface area contributed by atoms with Gasteiger partial charge in [0, 0.05) is 0 Å². The minimum atomic E-state index is -0.928. The molecule has 98 valence electrons. The third kappa shape index (κ3) is 3.42. The number of hydrogen-bond donors (Lipinski definition) is 2. The van der Waals surface area contributed by atoms with Crippen molar-refractivity contribution in [1.29, 1.82) is 0 Å². The Balaban J connectivity index is 2.10. The molecule has 1 heterocycles. The summed E-state index contributed by atoms with van der Waals surface area (Å²) < 4.78 is 0. The lowest BCUT2D eigenvalue weighted by molar-refractivity contribution is 0.0697. The molecule has 0 aliphatic rings. The zero-order valence-electron chi connectivity index (χ0n) is 10.5. The molecule has 5 heteroatoms. The number of nitrogens with zero attached hydrogens (tertiary/aromatic N) is 1. The lowest BCUT2D eigenvalue weighted by atomic mass is 10.2. The van der Waals surface area contributed by atoms with E-state index in [1.165, 1.54) is 0 Å². The number of benzene rings is 1. The van der Waals surface area contributed by atoms with E-state index in [-0.39, 0.29) is 5.56 Å². The van der Waals surface area contributed by atoms with Crippen LogP contribution < -0.4 is 5.43 Å². The summed E-state index contributed by atoms with van der Waals surface area (Å²) in [6.45, 7) is 2.05. The van der Waals surface area contributed by atoms with Crippen molar-refractivity contribution in [3.8, 4) is 0 Å². The predicted molar refractivity (Wildman–Crippen MR) is 78.2 cm³/mol. The summed E-state index contributed by atoms with van der Waals surface area (Å²) in [5, 5.41) is 15.2. The van der Waals surface area contributed by atoms with Gasteiger partial charge >= 0.3 is 5.97 Å². The van der Waals surface area contributed by atoms with E-state index in [0.29, 0.717) is 0 Å². The number of carbonyl (C=O) groups is 1. The van der Waals surface area contributed by atoms with Crippen molar-refractivity contribution in [1.82, 2.24) is 0 Å². The minimum Gasteiger partial charge on any atom is -0.478 e. The SMILES string of the molecule is CC/C(=N/Nc1ccc(C(=O)O)cc1)c1cccs1. The van der Waals surface area contributed by atoms with E-state index in [2.05, 4.69) is 10.5 Å². The van der Waals surface area contributed by atoms with Crippen LogP contribution in [0.4, 0.5) is 5.69 Å². The van der Waals surface area contributed by atoms with Gasteiger partial charge in [0.25, 0.3) is 0 Å². The van der Waals surface area contributed by atoms with E-state index in [1.54, 1.807) is 35.6 Å². The fourth-order valence-electron chi connectivity index (χ4n) is 1.57. The molecule has 0 radical (unpaired) electrons. The van der Waals surface area contributed by atoms with Gasteiger partial charge in [0.15, 0.2) is 0 Å². The Labute approximate surface area is 115 Å². The molecule has 0 spiro atoms. The maximum Gasteiger partial charge on any atom is 0.335 e. The molecule has 0 saturated heterocycles. The smallest absolute Gasteiger partial charge is 0.335 e. The van der Waals surface area contributed by atoms with Crippen molar-refractivity contribution in [2.24, 2.45) is 5.10 Å². The molecule has 4 nitrogen and oxygen atoms in total. The van der Waals surface area contributed by atoms with Crippen molar-refractivity contribution in [2.75, 3.05) is 5.43 Å². The maximum absolute atomic E-state index is 10.7. The summed E-state index contributed by atoms with van der Waals surface area (Å²) in [7, 11) is 0. The van der Waals surface area contributed by atoms with Gasteiger partial charge in [0.1, 0.15) is 0 Å². The first-order valence-corrected chi connectivity index (χ1v) is 6.78. The average molecular weight is 274 g/mol. The summed E-state index contributed by atoms with van der Waals surface area (Å²) in [5.41, 5.74) is 4.97. The Kier molecular flexibility index (Phi) is 4.30. The number of hydrogen-bond acceptors (Lipinski definition) is 4. The lowest BCUT2D eigenvalue weighted by Crippen LogP contribution is -2.01. The Morgan fingerprint density at radius 2 is 2.05 bits per heavy atom. The topological polar surface area (TPSA) is 61.7 Å². The number of aromatic carboxylic acids is 1. The van der Waals surface area contributed by atoms with Gasteiger partial charge in [0.05, 0.1) is 21.8 Å². The lowest BCUT2D eigenvalue weighted by Gasteiger charge is -2.04. The van der Waals surface area contributed by atoms with Gasteiger partial charge in [-0.1, -0.05) is 13.0 Å². The molecule has 0 aliphatic heterocycles. The zero-order chi connectivity index (χ0) is 13.7. The molecule has 2 rings (SSSR count). The van der Waals surface area contributed by atoms with E-state index in [1.807, 2.05) is 24.4 Å². The number of carboxylic acid groups (broad SMARTS) is 1. The Morgan fingerprint density at radius 3 is 2.58 bits per heavy atom. The molecule has 0 saturated carbocycles. The Morgan fingerprint density at radius 1 is 1.32 bits per heavy atom. The molecule has 0 fully saturated rings. The predicted octanol–water partition coefficient (Wildman–Crippen LogP) is 3.67. The zero-order valence-corrected chi connectivity index (χ0v) is 11.3. The molecular formula is C14H14N2O2S.